The summed E-state index contributed by atoms with van der Waals surface area (Å²) in [6.07, 6.45) is 3.82. The SMILES string of the molecule is O=C1N(c2ccc3n[nH]c(C4CCOCC4)c3n2)CCC12CCNC2. The van der Waals surface area contributed by atoms with E-state index in [1.807, 2.05) is 17.0 Å². The first kappa shape index (κ1) is 15.3. The van der Waals surface area contributed by atoms with Crippen molar-refractivity contribution in [1.82, 2.24) is 20.5 Å². The number of carbonyl (C=O) groups excluding carboxylic acids is 1. The molecule has 1 spiro atoms. The molecule has 2 aromatic rings. The zero-order valence-electron chi connectivity index (χ0n) is 14.3. The van der Waals surface area contributed by atoms with Gasteiger partial charge in [-0.25, -0.2) is 4.98 Å². The van der Waals surface area contributed by atoms with Gasteiger partial charge in [-0.05, 0) is 44.4 Å². The minimum absolute atomic E-state index is 0.212. The number of fused-ring (bicyclic) bond motifs is 1. The molecule has 0 aliphatic carbocycles. The van der Waals surface area contributed by atoms with Crippen LogP contribution in [0.5, 0.6) is 0 Å². The summed E-state index contributed by atoms with van der Waals surface area (Å²) in [6, 6.07) is 3.90. The highest BCUT2D eigenvalue weighted by Gasteiger charge is 2.49. The average molecular weight is 341 g/mol. The van der Waals surface area contributed by atoms with Crippen LogP contribution in [0.25, 0.3) is 11.0 Å². The fraction of sp³-hybridized carbons (Fsp3) is 0.611. The van der Waals surface area contributed by atoms with Gasteiger partial charge in [-0.1, -0.05) is 0 Å². The molecule has 7 heteroatoms. The van der Waals surface area contributed by atoms with Crippen LogP contribution in [0.4, 0.5) is 5.82 Å². The number of pyridine rings is 1. The summed E-state index contributed by atoms with van der Waals surface area (Å²) >= 11 is 0. The minimum Gasteiger partial charge on any atom is -0.381 e. The van der Waals surface area contributed by atoms with Gasteiger partial charge >= 0.3 is 0 Å². The number of amides is 1. The highest BCUT2D eigenvalue weighted by molar-refractivity contribution is 6.00. The Hall–Kier alpha value is -1.99. The van der Waals surface area contributed by atoms with Gasteiger partial charge in [-0.3, -0.25) is 14.8 Å². The van der Waals surface area contributed by atoms with E-state index in [4.69, 9.17) is 9.72 Å². The Morgan fingerprint density at radius 2 is 2.12 bits per heavy atom. The van der Waals surface area contributed by atoms with Crippen LogP contribution in [0, 0.1) is 5.41 Å². The molecule has 132 valence electrons. The van der Waals surface area contributed by atoms with Crippen LogP contribution in [0.2, 0.25) is 0 Å². The second-order valence-electron chi connectivity index (χ2n) is 7.48. The largest absolute Gasteiger partial charge is 0.381 e. The lowest BCUT2D eigenvalue weighted by atomic mass is 9.86. The molecule has 0 saturated carbocycles. The molecule has 3 fully saturated rings. The number of H-pyrrole nitrogens is 1. The molecular formula is C18H23N5O2. The zero-order chi connectivity index (χ0) is 16.9. The number of nitrogens with zero attached hydrogens (tertiary/aromatic N) is 3. The van der Waals surface area contributed by atoms with Crippen molar-refractivity contribution in [2.75, 3.05) is 37.7 Å². The van der Waals surface area contributed by atoms with E-state index in [1.165, 1.54) is 0 Å². The van der Waals surface area contributed by atoms with E-state index >= 15 is 0 Å². The molecule has 5 heterocycles. The van der Waals surface area contributed by atoms with Crippen LogP contribution in [-0.2, 0) is 9.53 Å². The molecule has 3 saturated heterocycles. The first-order valence-corrected chi connectivity index (χ1v) is 9.22. The average Bonchev–Trinajstić information content (AvgIpc) is 3.36. The van der Waals surface area contributed by atoms with Gasteiger partial charge in [0.1, 0.15) is 16.9 Å². The Morgan fingerprint density at radius 3 is 2.92 bits per heavy atom. The molecule has 2 aromatic heterocycles. The van der Waals surface area contributed by atoms with Crippen molar-refractivity contribution in [1.29, 1.82) is 0 Å². The van der Waals surface area contributed by atoms with Crippen LogP contribution in [0.15, 0.2) is 12.1 Å². The number of ether oxygens (including phenoxy) is 1. The highest BCUT2D eigenvalue weighted by Crippen LogP contribution is 2.39. The molecule has 1 unspecified atom stereocenters. The summed E-state index contributed by atoms with van der Waals surface area (Å²) in [5, 5.41) is 10.9. The quantitative estimate of drug-likeness (QED) is 0.866. The predicted molar refractivity (Wildman–Crippen MR) is 93.6 cm³/mol. The van der Waals surface area contributed by atoms with Gasteiger partial charge in [-0.2, -0.15) is 5.10 Å². The first-order chi connectivity index (χ1) is 12.3. The number of hydrogen-bond acceptors (Lipinski definition) is 5. The molecule has 0 aromatic carbocycles. The maximum absolute atomic E-state index is 13.0. The molecule has 7 nitrogen and oxygen atoms in total. The summed E-state index contributed by atoms with van der Waals surface area (Å²) in [5.74, 6) is 1.39. The van der Waals surface area contributed by atoms with E-state index in [0.29, 0.717) is 5.92 Å². The molecule has 1 atom stereocenters. The fourth-order valence-corrected chi connectivity index (χ4v) is 4.50. The number of anilines is 1. The Kier molecular flexibility index (Phi) is 3.53. The minimum atomic E-state index is -0.212. The van der Waals surface area contributed by atoms with Crippen LogP contribution in [0.3, 0.4) is 0 Å². The number of nitrogens with one attached hydrogen (secondary N) is 2. The third-order valence-corrected chi connectivity index (χ3v) is 6.07. The Morgan fingerprint density at radius 1 is 1.24 bits per heavy atom. The molecule has 5 rings (SSSR count). The molecule has 0 radical (unpaired) electrons. The second-order valence-corrected chi connectivity index (χ2v) is 7.48. The van der Waals surface area contributed by atoms with E-state index < -0.39 is 0 Å². The van der Waals surface area contributed by atoms with Gasteiger partial charge in [0.05, 0.1) is 11.1 Å². The first-order valence-electron chi connectivity index (χ1n) is 9.22. The number of aromatic amines is 1. The maximum Gasteiger partial charge on any atom is 0.235 e. The van der Waals surface area contributed by atoms with E-state index in [-0.39, 0.29) is 11.3 Å². The standard InChI is InChI=1S/C18H23N5O2/c24-17-18(5-7-19-11-18)6-8-23(17)14-2-1-13-16(20-14)15(22-21-13)12-3-9-25-10-4-12/h1-2,12,19H,3-11H2,(H,21,22). The summed E-state index contributed by atoms with van der Waals surface area (Å²) in [6.45, 7) is 4.05. The van der Waals surface area contributed by atoms with Crippen molar-refractivity contribution in [3.8, 4) is 0 Å². The van der Waals surface area contributed by atoms with Crippen LogP contribution < -0.4 is 10.2 Å². The van der Waals surface area contributed by atoms with Crippen molar-refractivity contribution in [2.24, 2.45) is 5.41 Å². The third kappa shape index (κ3) is 2.37. The van der Waals surface area contributed by atoms with Crippen molar-refractivity contribution in [3.05, 3.63) is 17.8 Å². The summed E-state index contributed by atoms with van der Waals surface area (Å²) in [7, 11) is 0. The Labute approximate surface area is 146 Å². The Bertz CT molecular complexity index is 805. The zero-order valence-corrected chi connectivity index (χ0v) is 14.3. The van der Waals surface area contributed by atoms with Crippen molar-refractivity contribution in [3.63, 3.8) is 0 Å². The molecule has 2 N–H and O–H groups in total. The van der Waals surface area contributed by atoms with Crippen molar-refractivity contribution in [2.45, 2.75) is 31.6 Å². The topological polar surface area (TPSA) is 83.1 Å². The lowest BCUT2D eigenvalue weighted by Crippen LogP contribution is -2.36. The van der Waals surface area contributed by atoms with Gasteiger partial charge in [0.25, 0.3) is 0 Å². The van der Waals surface area contributed by atoms with Crippen molar-refractivity contribution < 1.29 is 9.53 Å². The second kappa shape index (κ2) is 5.78. The third-order valence-electron chi connectivity index (χ3n) is 6.07. The van der Waals surface area contributed by atoms with E-state index in [0.717, 1.165) is 81.1 Å². The number of hydrogen-bond donors (Lipinski definition) is 2. The van der Waals surface area contributed by atoms with E-state index in [9.17, 15) is 4.79 Å². The highest BCUT2D eigenvalue weighted by atomic mass is 16.5. The fourth-order valence-electron chi connectivity index (χ4n) is 4.50. The molecule has 1 amide bonds. The Balaban J connectivity index is 1.49. The van der Waals surface area contributed by atoms with Crippen LogP contribution in [0.1, 0.15) is 37.3 Å². The molecular weight excluding hydrogens is 318 g/mol. The lowest BCUT2D eigenvalue weighted by molar-refractivity contribution is -0.124. The maximum atomic E-state index is 13.0. The molecule has 3 aliphatic heterocycles. The smallest absolute Gasteiger partial charge is 0.235 e. The van der Waals surface area contributed by atoms with Gasteiger partial charge in [0.2, 0.25) is 5.91 Å². The van der Waals surface area contributed by atoms with E-state index in [1.54, 1.807) is 0 Å². The molecule has 25 heavy (non-hydrogen) atoms. The normalized spacial score (nSPS) is 27.8. The van der Waals surface area contributed by atoms with Crippen LogP contribution >= 0.6 is 0 Å². The van der Waals surface area contributed by atoms with Crippen LogP contribution in [-0.4, -0.2) is 53.9 Å². The molecule has 3 aliphatic rings. The number of carbonyl (C=O) groups is 1. The summed E-state index contributed by atoms with van der Waals surface area (Å²) in [5.41, 5.74) is 2.65. The summed E-state index contributed by atoms with van der Waals surface area (Å²) in [4.78, 5) is 19.7. The monoisotopic (exact) mass is 341 g/mol. The van der Waals surface area contributed by atoms with Gasteiger partial charge in [0, 0.05) is 32.2 Å². The molecule has 0 bridgehead atoms. The van der Waals surface area contributed by atoms with E-state index in [2.05, 4.69) is 15.5 Å². The number of aromatic nitrogens is 3. The van der Waals surface area contributed by atoms with Gasteiger partial charge in [0.15, 0.2) is 0 Å². The predicted octanol–water partition coefficient (Wildman–Crippen LogP) is 1.57. The van der Waals surface area contributed by atoms with Crippen molar-refractivity contribution >= 4 is 22.8 Å². The summed E-state index contributed by atoms with van der Waals surface area (Å²) < 4.78 is 5.47. The number of rotatable bonds is 2. The van der Waals surface area contributed by atoms with Gasteiger partial charge in [-0.15, -0.1) is 0 Å². The lowest BCUT2D eigenvalue weighted by Gasteiger charge is -2.22. The van der Waals surface area contributed by atoms with Gasteiger partial charge < -0.3 is 10.1 Å².